The molecule has 0 unspecified atom stereocenters. The van der Waals surface area contributed by atoms with Gasteiger partial charge in [-0.2, -0.15) is 0 Å². The minimum Gasteiger partial charge on any atom is -0.454 e. The highest BCUT2D eigenvalue weighted by Crippen LogP contribution is 2.28. The molecule has 5 nitrogen and oxygen atoms in total. The number of hydrogen-bond donors (Lipinski definition) is 1. The van der Waals surface area contributed by atoms with Gasteiger partial charge in [-0.15, -0.1) is 0 Å². The Morgan fingerprint density at radius 1 is 1.00 bits per heavy atom. The van der Waals surface area contributed by atoms with E-state index in [1.165, 1.54) is 6.07 Å². The maximum Gasteiger partial charge on any atom is 0.274 e. The van der Waals surface area contributed by atoms with Crippen molar-refractivity contribution >= 4 is 22.6 Å². The number of anilines is 1. The van der Waals surface area contributed by atoms with Crippen LogP contribution in [-0.4, -0.2) is 10.9 Å². The molecule has 0 aliphatic rings. The number of carbonyl (C=O) groups is 1. The smallest absolute Gasteiger partial charge is 0.274 e. The van der Waals surface area contributed by atoms with Crippen LogP contribution in [0.4, 0.5) is 5.69 Å². The summed E-state index contributed by atoms with van der Waals surface area (Å²) >= 11 is 0. The number of nitrogens with zero attached hydrogens (tertiary/aromatic N) is 1. The fourth-order valence-corrected chi connectivity index (χ4v) is 2.94. The first-order valence-electron chi connectivity index (χ1n) is 8.49. The standard InChI is InChI=1S/C22H16N2O3/c1-14-7-2-3-8-15(14)20-13-19(25)16-9-6-11-17(21(16)27-20)24-22(26)18-10-4-5-12-23-18/h2-13H,1H3,(H,24,26). The second kappa shape index (κ2) is 6.88. The van der Waals surface area contributed by atoms with Gasteiger partial charge in [0.1, 0.15) is 11.5 Å². The van der Waals surface area contributed by atoms with Gasteiger partial charge in [0.05, 0.1) is 11.1 Å². The van der Waals surface area contributed by atoms with Crippen LogP contribution in [0.2, 0.25) is 0 Å². The summed E-state index contributed by atoms with van der Waals surface area (Å²) in [6.45, 7) is 1.95. The lowest BCUT2D eigenvalue weighted by Gasteiger charge is -2.10. The Hall–Kier alpha value is -3.73. The lowest BCUT2D eigenvalue weighted by atomic mass is 10.1. The molecule has 0 saturated heterocycles. The molecule has 1 N–H and O–H groups in total. The summed E-state index contributed by atoms with van der Waals surface area (Å²) in [5.74, 6) is 0.0946. The molecule has 5 heteroatoms. The van der Waals surface area contributed by atoms with E-state index >= 15 is 0 Å². The molecular formula is C22H16N2O3. The van der Waals surface area contributed by atoms with Gasteiger partial charge in [-0.3, -0.25) is 14.6 Å². The monoisotopic (exact) mass is 356 g/mol. The first kappa shape index (κ1) is 16.7. The molecule has 0 saturated carbocycles. The van der Waals surface area contributed by atoms with Crippen molar-refractivity contribution in [3.8, 4) is 11.3 Å². The first-order valence-corrected chi connectivity index (χ1v) is 8.49. The van der Waals surface area contributed by atoms with Gasteiger partial charge >= 0.3 is 0 Å². The number of hydrogen-bond acceptors (Lipinski definition) is 4. The molecule has 2 heterocycles. The highest BCUT2D eigenvalue weighted by atomic mass is 16.3. The number of pyridine rings is 1. The van der Waals surface area contributed by atoms with Crippen LogP contribution in [0.1, 0.15) is 16.1 Å². The van der Waals surface area contributed by atoms with Crippen LogP contribution in [0, 0.1) is 6.92 Å². The Bertz CT molecular complexity index is 1200. The SMILES string of the molecule is Cc1ccccc1-c1cc(=O)c2cccc(NC(=O)c3ccccn3)c2o1. The van der Waals surface area contributed by atoms with E-state index in [4.69, 9.17) is 4.42 Å². The van der Waals surface area contributed by atoms with Crippen molar-refractivity contribution in [2.24, 2.45) is 0 Å². The fourth-order valence-electron chi connectivity index (χ4n) is 2.94. The highest BCUT2D eigenvalue weighted by molar-refractivity contribution is 6.06. The van der Waals surface area contributed by atoms with Crippen molar-refractivity contribution < 1.29 is 9.21 Å². The second-order valence-electron chi connectivity index (χ2n) is 6.14. The van der Waals surface area contributed by atoms with E-state index in [1.807, 2.05) is 31.2 Å². The zero-order chi connectivity index (χ0) is 18.8. The van der Waals surface area contributed by atoms with Crippen molar-refractivity contribution in [3.63, 3.8) is 0 Å². The second-order valence-corrected chi connectivity index (χ2v) is 6.14. The van der Waals surface area contributed by atoms with Gasteiger partial charge in [0.15, 0.2) is 11.0 Å². The molecule has 2 aromatic heterocycles. The largest absolute Gasteiger partial charge is 0.454 e. The molecule has 0 spiro atoms. The molecular weight excluding hydrogens is 340 g/mol. The molecule has 0 fully saturated rings. The zero-order valence-corrected chi connectivity index (χ0v) is 14.6. The predicted molar refractivity (Wildman–Crippen MR) is 105 cm³/mol. The Morgan fingerprint density at radius 3 is 2.59 bits per heavy atom. The van der Waals surface area contributed by atoms with E-state index in [0.29, 0.717) is 22.4 Å². The molecule has 4 rings (SSSR count). The lowest BCUT2D eigenvalue weighted by Crippen LogP contribution is -2.14. The number of fused-ring (bicyclic) bond motifs is 1. The van der Waals surface area contributed by atoms with E-state index in [0.717, 1.165) is 11.1 Å². The number of para-hydroxylation sites is 1. The van der Waals surface area contributed by atoms with Crippen molar-refractivity contribution in [3.05, 3.63) is 94.4 Å². The maximum absolute atomic E-state index is 12.6. The van der Waals surface area contributed by atoms with Crippen molar-refractivity contribution in [2.45, 2.75) is 6.92 Å². The summed E-state index contributed by atoms with van der Waals surface area (Å²) < 4.78 is 6.04. The third-order valence-corrected chi connectivity index (χ3v) is 4.31. The minimum absolute atomic E-state index is 0.163. The van der Waals surface area contributed by atoms with Gasteiger partial charge in [-0.1, -0.05) is 36.4 Å². The molecule has 132 valence electrons. The molecule has 1 amide bonds. The highest BCUT2D eigenvalue weighted by Gasteiger charge is 2.14. The fraction of sp³-hybridized carbons (Fsp3) is 0.0455. The summed E-state index contributed by atoms with van der Waals surface area (Å²) in [7, 11) is 0. The van der Waals surface area contributed by atoms with E-state index in [2.05, 4.69) is 10.3 Å². The van der Waals surface area contributed by atoms with Crippen molar-refractivity contribution in [1.29, 1.82) is 0 Å². The first-order chi connectivity index (χ1) is 13.1. The number of amides is 1. The number of rotatable bonds is 3. The Balaban J connectivity index is 1.83. The lowest BCUT2D eigenvalue weighted by molar-refractivity contribution is 0.102. The van der Waals surface area contributed by atoms with Gasteiger partial charge in [0.2, 0.25) is 0 Å². The number of benzene rings is 2. The number of aryl methyl sites for hydroxylation is 1. The molecule has 27 heavy (non-hydrogen) atoms. The van der Waals surface area contributed by atoms with Gasteiger partial charge < -0.3 is 9.73 Å². The van der Waals surface area contributed by atoms with E-state index in [-0.39, 0.29) is 17.0 Å². The number of aromatic nitrogens is 1. The van der Waals surface area contributed by atoms with Gasteiger partial charge in [0, 0.05) is 17.8 Å². The zero-order valence-electron chi connectivity index (χ0n) is 14.6. The van der Waals surface area contributed by atoms with Crippen LogP contribution in [0.3, 0.4) is 0 Å². The Morgan fingerprint density at radius 2 is 1.81 bits per heavy atom. The Labute approximate surface area is 155 Å². The summed E-state index contributed by atoms with van der Waals surface area (Å²) in [6, 6.07) is 19.3. The van der Waals surface area contributed by atoms with E-state index < -0.39 is 0 Å². The summed E-state index contributed by atoms with van der Waals surface area (Å²) in [4.78, 5) is 29.1. The van der Waals surface area contributed by atoms with Crippen LogP contribution in [0.5, 0.6) is 0 Å². The quantitative estimate of drug-likeness (QED) is 0.590. The summed E-state index contributed by atoms with van der Waals surface area (Å²) in [6.07, 6.45) is 1.55. The maximum atomic E-state index is 12.6. The Kier molecular flexibility index (Phi) is 4.26. The van der Waals surface area contributed by atoms with E-state index in [1.54, 1.807) is 42.6 Å². The topological polar surface area (TPSA) is 72.2 Å². The van der Waals surface area contributed by atoms with Crippen LogP contribution < -0.4 is 10.7 Å². The van der Waals surface area contributed by atoms with E-state index in [9.17, 15) is 9.59 Å². The molecule has 0 atom stereocenters. The average molecular weight is 356 g/mol. The van der Waals surface area contributed by atoms with Gasteiger partial charge in [-0.05, 0) is 36.8 Å². The molecule has 0 aliphatic carbocycles. The van der Waals surface area contributed by atoms with Gasteiger partial charge in [-0.25, -0.2) is 0 Å². The van der Waals surface area contributed by atoms with Crippen molar-refractivity contribution in [2.75, 3.05) is 5.32 Å². The number of nitrogens with one attached hydrogen (secondary N) is 1. The summed E-state index contributed by atoms with van der Waals surface area (Å²) in [5, 5.41) is 3.20. The third-order valence-electron chi connectivity index (χ3n) is 4.31. The van der Waals surface area contributed by atoms with Crippen LogP contribution in [0.15, 0.2) is 82.1 Å². The molecule has 0 bridgehead atoms. The summed E-state index contributed by atoms with van der Waals surface area (Å²) in [5.41, 5.74) is 2.72. The minimum atomic E-state index is -0.368. The van der Waals surface area contributed by atoms with Crippen LogP contribution in [0.25, 0.3) is 22.3 Å². The number of carbonyl (C=O) groups excluding carboxylic acids is 1. The molecule has 4 aromatic rings. The van der Waals surface area contributed by atoms with Crippen LogP contribution >= 0.6 is 0 Å². The predicted octanol–water partition coefficient (Wildman–Crippen LogP) is 4.42. The molecule has 2 aromatic carbocycles. The average Bonchev–Trinajstić information content (AvgIpc) is 2.69. The third kappa shape index (κ3) is 3.22. The molecule has 0 aliphatic heterocycles. The van der Waals surface area contributed by atoms with Gasteiger partial charge in [0.25, 0.3) is 5.91 Å². The van der Waals surface area contributed by atoms with Crippen LogP contribution in [-0.2, 0) is 0 Å². The van der Waals surface area contributed by atoms with Crippen molar-refractivity contribution in [1.82, 2.24) is 4.98 Å². The normalized spacial score (nSPS) is 10.7. The molecule has 0 radical (unpaired) electrons.